The predicted molar refractivity (Wildman–Crippen MR) is 95.3 cm³/mol. The van der Waals surface area contributed by atoms with Crippen LogP contribution in [-0.4, -0.2) is 73.6 Å². The zero-order chi connectivity index (χ0) is 24.4. The van der Waals surface area contributed by atoms with Crippen molar-refractivity contribution in [1.82, 2.24) is 10.8 Å². The molecule has 6 N–H and O–H groups in total. The van der Waals surface area contributed by atoms with E-state index in [0.717, 1.165) is 0 Å². The monoisotopic (exact) mass is 436 g/mol. The number of hydrogen-bond acceptors (Lipinski definition) is 9. The summed E-state index contributed by atoms with van der Waals surface area (Å²) in [5, 5.41) is 34.5. The number of carboxylic acids is 3. The molecule has 0 radical (unpaired) electrons. The van der Waals surface area contributed by atoms with Gasteiger partial charge < -0.3 is 20.6 Å². The molecule has 0 fully saturated rings. The molecule has 1 atom stereocenters. The van der Waals surface area contributed by atoms with Crippen LogP contribution in [0, 0.1) is 0 Å². The van der Waals surface area contributed by atoms with E-state index in [4.69, 9.17) is 20.5 Å². The summed E-state index contributed by atoms with van der Waals surface area (Å²) in [6, 6.07) is -1.51. The maximum absolute atomic E-state index is 11.0. The van der Waals surface area contributed by atoms with E-state index in [0.29, 0.717) is 0 Å². The van der Waals surface area contributed by atoms with Crippen LogP contribution in [0.5, 0.6) is 0 Å². The minimum Gasteiger partial charge on any atom is -0.481 e. The number of amides is 2. The average Bonchev–Trinajstić information content (AvgIpc) is 2.52. The molecule has 0 rings (SSSR count). The second-order valence-electron chi connectivity index (χ2n) is 5.62. The van der Waals surface area contributed by atoms with E-state index in [2.05, 4.69) is 0 Å². The highest BCUT2D eigenvalue weighted by atomic mass is 16.5. The van der Waals surface area contributed by atoms with Gasteiger partial charge in [0.2, 0.25) is 5.91 Å². The van der Waals surface area contributed by atoms with E-state index >= 15 is 0 Å². The lowest BCUT2D eigenvalue weighted by molar-refractivity contribution is -0.147. The van der Waals surface area contributed by atoms with Crippen molar-refractivity contribution in [2.45, 2.75) is 52.5 Å². The van der Waals surface area contributed by atoms with Gasteiger partial charge in [-0.3, -0.25) is 38.8 Å². The molecule has 14 nitrogen and oxygen atoms in total. The Labute approximate surface area is 170 Å². The molecule has 0 aromatic heterocycles. The van der Waals surface area contributed by atoms with Gasteiger partial charge in [0.25, 0.3) is 5.91 Å². The minimum absolute atomic E-state index is 0.253. The van der Waals surface area contributed by atoms with Gasteiger partial charge in [0.15, 0.2) is 0 Å². The zero-order valence-corrected chi connectivity index (χ0v) is 16.5. The Morgan fingerprint density at radius 2 is 1.07 bits per heavy atom. The Balaban J connectivity index is -0.000000408. The smallest absolute Gasteiger partial charge is 0.326 e. The molecule has 0 aliphatic heterocycles. The lowest BCUT2D eigenvalue weighted by Crippen LogP contribution is -2.42. The molecule has 0 aromatic rings. The summed E-state index contributed by atoms with van der Waals surface area (Å²) >= 11 is 0. The van der Waals surface area contributed by atoms with Gasteiger partial charge in [-0.2, -0.15) is 0 Å². The molecule has 2 amide bonds. The van der Waals surface area contributed by atoms with Crippen molar-refractivity contribution in [3.05, 3.63) is 0 Å². The number of nitrogens with one attached hydrogen (secondary N) is 2. The van der Waals surface area contributed by atoms with Crippen LogP contribution >= 0.6 is 0 Å². The number of carboxylic acid groups (broad SMARTS) is 3. The van der Waals surface area contributed by atoms with Gasteiger partial charge in [-0.25, -0.2) is 10.3 Å². The largest absolute Gasteiger partial charge is 0.481 e. The number of carbonyl (C=O) groups is 8. The fraction of sp³-hybridized carbons (Fsp3) is 0.500. The summed E-state index contributed by atoms with van der Waals surface area (Å²) in [6.07, 6.45) is -1.79. The van der Waals surface area contributed by atoms with Crippen LogP contribution in [0.1, 0.15) is 46.5 Å². The third-order valence-electron chi connectivity index (χ3n) is 2.36. The second kappa shape index (κ2) is 17.4. The van der Waals surface area contributed by atoms with Crippen molar-refractivity contribution in [1.29, 1.82) is 0 Å². The number of aliphatic carboxylic acids is 3. The highest BCUT2D eigenvalue weighted by molar-refractivity contribution is 5.98. The summed E-state index contributed by atoms with van der Waals surface area (Å²) in [5.74, 6) is -6.32. The zero-order valence-electron chi connectivity index (χ0n) is 16.5. The van der Waals surface area contributed by atoms with Crippen molar-refractivity contribution in [2.24, 2.45) is 0 Å². The Hall–Kier alpha value is -3.68. The number of carbonyl (C=O) groups excluding carboxylic acids is 5. The maximum Gasteiger partial charge on any atom is 0.326 e. The number of Topliss-reactive ketones (excluding diaryl/α,β-unsaturated/α-hetero) is 3. The van der Waals surface area contributed by atoms with Crippen molar-refractivity contribution in [3.8, 4) is 0 Å². The van der Waals surface area contributed by atoms with Crippen molar-refractivity contribution < 1.29 is 58.9 Å². The molecule has 0 spiro atoms. The Morgan fingerprint density at radius 1 is 0.667 bits per heavy atom. The van der Waals surface area contributed by atoms with Crippen LogP contribution in [0.25, 0.3) is 0 Å². The van der Waals surface area contributed by atoms with E-state index in [-0.39, 0.29) is 24.4 Å². The summed E-state index contributed by atoms with van der Waals surface area (Å²) in [4.78, 5) is 81.7. The van der Waals surface area contributed by atoms with Crippen LogP contribution in [0.15, 0.2) is 0 Å². The van der Waals surface area contributed by atoms with Gasteiger partial charge in [0.05, 0.1) is 19.3 Å². The van der Waals surface area contributed by atoms with Crippen LogP contribution in [0.3, 0.4) is 0 Å². The third kappa shape index (κ3) is 26.5. The van der Waals surface area contributed by atoms with E-state index in [1.54, 1.807) is 0 Å². The van der Waals surface area contributed by atoms with E-state index in [1.807, 2.05) is 5.32 Å². The summed E-state index contributed by atoms with van der Waals surface area (Å²) in [5.41, 5.74) is 1.34. The highest BCUT2D eigenvalue weighted by Gasteiger charge is 2.23. The molecule has 0 aromatic carbocycles. The molecule has 1 unspecified atom stereocenters. The normalized spacial score (nSPS) is 9.87. The van der Waals surface area contributed by atoms with Gasteiger partial charge >= 0.3 is 17.9 Å². The standard InChI is InChI=1S/C8H11NO6.C4H7NO3.C4H6O3/c1-4(10)2-6(11)9-5(8(14)15)3-7(12)13;1-3(6)2-4(7)5-8;1-3(5)2-4(6)7/h5H,2-3H2,1H3,(H,9,11)(H,12,13)(H,14,15);8H,2H2,1H3,(H,5,7);2H2,1H3,(H,6,7). The molecule has 0 heterocycles. The van der Waals surface area contributed by atoms with Crippen LogP contribution in [0.2, 0.25) is 0 Å². The molecular formula is C16H24N2O12. The van der Waals surface area contributed by atoms with E-state index in [9.17, 15) is 38.4 Å². The number of rotatable bonds is 10. The second-order valence-corrected chi connectivity index (χ2v) is 5.62. The Morgan fingerprint density at radius 3 is 1.27 bits per heavy atom. The van der Waals surface area contributed by atoms with Crippen molar-refractivity contribution in [2.75, 3.05) is 0 Å². The molecule has 0 aliphatic rings. The lowest BCUT2D eigenvalue weighted by atomic mass is 10.2. The van der Waals surface area contributed by atoms with E-state index < -0.39 is 54.4 Å². The minimum atomic E-state index is -1.51. The van der Waals surface area contributed by atoms with Gasteiger partial charge in [-0.15, -0.1) is 0 Å². The molecule has 0 saturated heterocycles. The van der Waals surface area contributed by atoms with Crippen LogP contribution < -0.4 is 10.8 Å². The summed E-state index contributed by atoms with van der Waals surface area (Å²) in [7, 11) is 0. The van der Waals surface area contributed by atoms with E-state index in [1.165, 1.54) is 26.3 Å². The Bertz CT molecular complexity index is 659. The SMILES string of the molecule is CC(=O)CC(=O)NC(CC(=O)O)C(=O)O.CC(=O)CC(=O)NO.CC(=O)CC(=O)O. The van der Waals surface area contributed by atoms with Gasteiger partial charge in [0, 0.05) is 0 Å². The first-order valence-electron chi connectivity index (χ1n) is 7.99. The summed E-state index contributed by atoms with van der Waals surface area (Å²) in [6.45, 7) is 3.69. The van der Waals surface area contributed by atoms with Gasteiger partial charge in [0.1, 0.15) is 29.8 Å². The first-order chi connectivity index (χ1) is 13.6. The topological polar surface area (TPSA) is 242 Å². The lowest BCUT2D eigenvalue weighted by Gasteiger charge is -2.11. The van der Waals surface area contributed by atoms with Crippen molar-refractivity contribution >= 4 is 47.1 Å². The first-order valence-corrected chi connectivity index (χ1v) is 7.99. The molecule has 0 bridgehead atoms. The van der Waals surface area contributed by atoms with Crippen molar-refractivity contribution in [3.63, 3.8) is 0 Å². The number of hydrogen-bond donors (Lipinski definition) is 6. The van der Waals surface area contributed by atoms with Gasteiger partial charge in [-0.1, -0.05) is 0 Å². The van der Waals surface area contributed by atoms with Crippen LogP contribution in [-0.2, 0) is 38.4 Å². The number of ketones is 3. The first kappa shape index (κ1) is 31.0. The highest BCUT2D eigenvalue weighted by Crippen LogP contribution is 1.94. The molecule has 14 heteroatoms. The fourth-order valence-electron chi connectivity index (χ4n) is 1.32. The molecule has 30 heavy (non-hydrogen) atoms. The predicted octanol–water partition coefficient (Wildman–Crippen LogP) is -1.47. The molecule has 0 saturated carbocycles. The maximum atomic E-state index is 11.0. The average molecular weight is 436 g/mol. The molecular weight excluding hydrogens is 412 g/mol. The molecule has 170 valence electrons. The third-order valence-corrected chi connectivity index (χ3v) is 2.36. The Kier molecular flexibility index (Phi) is 18.0. The van der Waals surface area contributed by atoms with Gasteiger partial charge in [-0.05, 0) is 20.8 Å². The summed E-state index contributed by atoms with van der Waals surface area (Å²) < 4.78 is 0. The fourth-order valence-corrected chi connectivity index (χ4v) is 1.32. The van der Waals surface area contributed by atoms with Crippen LogP contribution in [0.4, 0.5) is 0 Å². The quantitative estimate of drug-likeness (QED) is 0.131. The number of hydroxylamine groups is 1. The molecule has 0 aliphatic carbocycles.